The van der Waals surface area contributed by atoms with E-state index in [4.69, 9.17) is 22.1 Å². The van der Waals surface area contributed by atoms with Crippen LogP contribution >= 0.6 is 11.6 Å². The molecule has 176 valence electrons. The highest BCUT2D eigenvalue weighted by molar-refractivity contribution is 6.32. The molecule has 5 rings (SSSR count). The molecule has 0 radical (unpaired) electrons. The second-order valence-corrected chi connectivity index (χ2v) is 9.64. The van der Waals surface area contributed by atoms with E-state index in [9.17, 15) is 4.79 Å². The van der Waals surface area contributed by atoms with Crippen LogP contribution in [0.1, 0.15) is 29.8 Å². The molecule has 2 aliphatic rings. The Kier molecular flexibility index (Phi) is 6.19. The first-order valence-electron chi connectivity index (χ1n) is 11.7. The van der Waals surface area contributed by atoms with E-state index in [1.54, 1.807) is 0 Å². The van der Waals surface area contributed by atoms with Crippen LogP contribution < -0.4 is 16.0 Å². The van der Waals surface area contributed by atoms with Crippen LogP contribution in [-0.2, 0) is 11.2 Å². The monoisotopic (exact) mass is 476 g/mol. The van der Waals surface area contributed by atoms with E-state index in [1.165, 1.54) is 5.69 Å². The van der Waals surface area contributed by atoms with Crippen molar-refractivity contribution < 1.29 is 9.53 Å². The highest BCUT2D eigenvalue weighted by Gasteiger charge is 2.23. The molecule has 1 aromatic heterocycles. The summed E-state index contributed by atoms with van der Waals surface area (Å²) in [6.07, 6.45) is 1.04. The van der Waals surface area contributed by atoms with E-state index < -0.39 is 0 Å². The van der Waals surface area contributed by atoms with Gasteiger partial charge in [-0.15, -0.1) is 0 Å². The molecule has 3 aromatic rings. The van der Waals surface area contributed by atoms with Gasteiger partial charge in [-0.25, -0.2) is 4.98 Å². The number of rotatable bonds is 4. The topological polar surface area (TPSA) is 80.5 Å². The molecule has 7 heteroatoms. The van der Waals surface area contributed by atoms with Crippen LogP contribution in [0.15, 0.2) is 48.5 Å². The minimum Gasteiger partial charge on any atom is -0.383 e. The normalized spacial score (nSPS) is 18.1. The maximum atomic E-state index is 12.1. The Morgan fingerprint density at radius 2 is 1.85 bits per heavy atom. The largest absolute Gasteiger partial charge is 0.383 e. The number of amides is 1. The lowest BCUT2D eigenvalue weighted by Crippen LogP contribution is -2.44. The van der Waals surface area contributed by atoms with Gasteiger partial charge >= 0.3 is 0 Å². The fourth-order valence-electron chi connectivity index (χ4n) is 4.70. The Hall–Kier alpha value is -3.09. The number of morpholine rings is 1. The van der Waals surface area contributed by atoms with Crippen molar-refractivity contribution in [3.8, 4) is 22.3 Å². The number of halogens is 1. The molecule has 1 amide bonds. The van der Waals surface area contributed by atoms with Crippen LogP contribution in [0.5, 0.6) is 0 Å². The Morgan fingerprint density at radius 1 is 1.09 bits per heavy atom. The predicted molar refractivity (Wildman–Crippen MR) is 137 cm³/mol. The Morgan fingerprint density at radius 3 is 2.62 bits per heavy atom. The third-order valence-electron chi connectivity index (χ3n) is 6.73. The van der Waals surface area contributed by atoms with Crippen LogP contribution in [-0.4, -0.2) is 43.2 Å². The van der Waals surface area contributed by atoms with Crippen LogP contribution in [0.4, 0.5) is 11.5 Å². The third-order valence-corrected chi connectivity index (χ3v) is 7.01. The fraction of sp³-hybridized carbons (Fsp3) is 0.333. The summed E-state index contributed by atoms with van der Waals surface area (Å²) in [6.45, 7) is 7.55. The summed E-state index contributed by atoms with van der Waals surface area (Å²) < 4.78 is 5.91. The van der Waals surface area contributed by atoms with Crippen molar-refractivity contribution in [1.29, 1.82) is 0 Å². The van der Waals surface area contributed by atoms with Gasteiger partial charge in [-0.3, -0.25) is 4.79 Å². The first kappa shape index (κ1) is 22.7. The van der Waals surface area contributed by atoms with Gasteiger partial charge in [0.15, 0.2) is 0 Å². The zero-order valence-electron chi connectivity index (χ0n) is 19.5. The summed E-state index contributed by atoms with van der Waals surface area (Å²) >= 11 is 6.53. The first-order chi connectivity index (χ1) is 16.4. The fourth-order valence-corrected chi connectivity index (χ4v) is 4.95. The average Bonchev–Trinajstić information content (AvgIpc) is 2.84. The molecule has 0 bridgehead atoms. The number of nitrogens with one attached hydrogen (secondary N) is 1. The van der Waals surface area contributed by atoms with Crippen molar-refractivity contribution in [3.05, 3.63) is 64.8 Å². The molecule has 1 saturated heterocycles. The molecule has 1 atom stereocenters. The lowest BCUT2D eigenvalue weighted by molar-refractivity contribution is 0.0114. The van der Waals surface area contributed by atoms with E-state index in [2.05, 4.69) is 53.3 Å². The zero-order chi connectivity index (χ0) is 23.8. The molecule has 0 spiro atoms. The Bertz CT molecular complexity index is 1230. The number of nitrogens with zero attached hydrogens (tertiary/aromatic N) is 2. The Labute approximate surface area is 205 Å². The van der Waals surface area contributed by atoms with E-state index in [-0.39, 0.29) is 12.0 Å². The molecule has 2 aliphatic heterocycles. The molecule has 6 nitrogen and oxygen atoms in total. The van der Waals surface area contributed by atoms with Crippen molar-refractivity contribution in [1.82, 2.24) is 10.3 Å². The van der Waals surface area contributed by atoms with Gasteiger partial charge in [0.2, 0.25) is 0 Å². The summed E-state index contributed by atoms with van der Waals surface area (Å²) in [7, 11) is 0. The van der Waals surface area contributed by atoms with Crippen LogP contribution in [0, 0.1) is 5.92 Å². The number of nitrogen functional groups attached to an aromatic ring is 1. The quantitative estimate of drug-likeness (QED) is 0.529. The number of ether oxygens (including phenoxy) is 1. The number of carbonyl (C=O) groups is 1. The highest BCUT2D eigenvalue weighted by Crippen LogP contribution is 2.36. The zero-order valence-corrected chi connectivity index (χ0v) is 20.2. The van der Waals surface area contributed by atoms with Gasteiger partial charge < -0.3 is 20.7 Å². The number of fused-ring (bicyclic) bond motifs is 1. The highest BCUT2D eigenvalue weighted by atomic mass is 35.5. The van der Waals surface area contributed by atoms with Gasteiger partial charge in [0.05, 0.1) is 12.7 Å². The van der Waals surface area contributed by atoms with Gasteiger partial charge in [0.1, 0.15) is 11.0 Å². The number of carbonyl (C=O) groups excluding carboxylic acids is 1. The number of benzene rings is 2. The van der Waals surface area contributed by atoms with Crippen molar-refractivity contribution in [3.63, 3.8) is 0 Å². The minimum atomic E-state index is -0.0317. The molecule has 1 fully saturated rings. The number of anilines is 2. The Balaban J connectivity index is 1.45. The SMILES string of the molecule is CC(C)[C@H]1CN(c2ccc(-c3cc(-c4ccc5c(c4)CCNC5=O)c(N)nc3Cl)cc2)CCO1. The summed E-state index contributed by atoms with van der Waals surface area (Å²) in [5.74, 6) is 0.826. The smallest absolute Gasteiger partial charge is 0.251 e. The molecule has 2 aromatic carbocycles. The van der Waals surface area contributed by atoms with E-state index in [0.717, 1.165) is 53.9 Å². The molecule has 3 heterocycles. The molecule has 3 N–H and O–H groups in total. The number of aromatic nitrogens is 1. The van der Waals surface area contributed by atoms with E-state index in [1.807, 2.05) is 24.3 Å². The summed E-state index contributed by atoms with van der Waals surface area (Å²) in [4.78, 5) is 18.9. The third kappa shape index (κ3) is 4.36. The maximum Gasteiger partial charge on any atom is 0.251 e. The summed E-state index contributed by atoms with van der Waals surface area (Å²) in [5, 5.41) is 3.25. The van der Waals surface area contributed by atoms with Gasteiger partial charge in [-0.05, 0) is 53.3 Å². The molecule has 34 heavy (non-hydrogen) atoms. The van der Waals surface area contributed by atoms with Crippen molar-refractivity contribution in [2.75, 3.05) is 36.9 Å². The second-order valence-electron chi connectivity index (χ2n) is 9.28. The van der Waals surface area contributed by atoms with E-state index >= 15 is 0 Å². The molecular formula is C27H29ClN4O2. The molecule has 0 saturated carbocycles. The summed E-state index contributed by atoms with van der Waals surface area (Å²) in [6, 6.07) is 16.2. The number of pyridine rings is 1. The van der Waals surface area contributed by atoms with Crippen molar-refractivity contribution in [2.24, 2.45) is 5.92 Å². The minimum absolute atomic E-state index is 0.0317. The first-order valence-corrected chi connectivity index (χ1v) is 12.1. The average molecular weight is 477 g/mol. The van der Waals surface area contributed by atoms with Gasteiger partial charge in [0, 0.05) is 42.0 Å². The predicted octanol–water partition coefficient (Wildman–Crippen LogP) is 4.80. The number of hydrogen-bond donors (Lipinski definition) is 2. The number of hydrogen-bond acceptors (Lipinski definition) is 5. The van der Waals surface area contributed by atoms with Crippen molar-refractivity contribution in [2.45, 2.75) is 26.4 Å². The molecule has 0 unspecified atom stereocenters. The molecular weight excluding hydrogens is 448 g/mol. The van der Waals surface area contributed by atoms with Gasteiger partial charge in [-0.2, -0.15) is 0 Å². The number of nitrogens with two attached hydrogens (primary N) is 1. The lowest BCUT2D eigenvalue weighted by Gasteiger charge is -2.36. The standard InChI is InChI=1S/C27H29ClN4O2/c1-16(2)24-15-32(11-12-34-24)20-6-3-17(4-7-20)22-14-23(26(29)31-25(22)28)18-5-8-21-19(13-18)9-10-30-27(21)33/h3-8,13-14,16,24H,9-12,15H2,1-2H3,(H2,29,31)(H,30,33)/t24-/m1/s1. The van der Waals surface area contributed by atoms with E-state index in [0.29, 0.717) is 29.0 Å². The van der Waals surface area contributed by atoms with Gasteiger partial charge in [0.25, 0.3) is 5.91 Å². The lowest BCUT2D eigenvalue weighted by atomic mass is 9.94. The maximum absolute atomic E-state index is 12.1. The molecule has 0 aliphatic carbocycles. The van der Waals surface area contributed by atoms with Crippen LogP contribution in [0.25, 0.3) is 22.3 Å². The van der Waals surface area contributed by atoms with Crippen molar-refractivity contribution >= 4 is 29.0 Å². The van der Waals surface area contributed by atoms with Crippen LogP contribution in [0.2, 0.25) is 5.15 Å². The second kappa shape index (κ2) is 9.28. The van der Waals surface area contributed by atoms with Crippen LogP contribution in [0.3, 0.4) is 0 Å². The summed E-state index contributed by atoms with van der Waals surface area (Å²) in [5.41, 5.74) is 12.7. The van der Waals surface area contributed by atoms with Gasteiger partial charge in [-0.1, -0.05) is 49.7 Å².